The summed E-state index contributed by atoms with van der Waals surface area (Å²) in [6.07, 6.45) is 13.8. The van der Waals surface area contributed by atoms with Crippen LogP contribution in [-0.2, 0) is 28.7 Å². The van der Waals surface area contributed by atoms with Crippen LogP contribution in [0.2, 0.25) is 0 Å². The highest BCUT2D eigenvalue weighted by Crippen LogP contribution is 2.30. The lowest BCUT2D eigenvalue weighted by Crippen LogP contribution is -2.28. The van der Waals surface area contributed by atoms with Gasteiger partial charge in [-0.05, 0) is 37.8 Å². The first kappa shape index (κ1) is 35.4. The molecule has 44 heavy (non-hydrogen) atoms. The molecule has 2 atom stereocenters. The molecule has 2 aliphatic rings. The lowest BCUT2D eigenvalue weighted by atomic mass is 10.0. The number of ether oxygens (including phenoxy) is 4. The maximum Gasteiger partial charge on any atom is 0.331 e. The Balaban J connectivity index is 1.57. The van der Waals surface area contributed by atoms with Crippen LogP contribution in [0, 0.1) is 0 Å². The second-order valence-corrected chi connectivity index (χ2v) is 13.4. The van der Waals surface area contributed by atoms with E-state index in [1.54, 1.807) is 47.8 Å². The zero-order valence-electron chi connectivity index (χ0n) is 24.8. The van der Waals surface area contributed by atoms with Crippen LogP contribution < -0.4 is 9.47 Å². The highest BCUT2D eigenvalue weighted by Gasteiger charge is 2.22. The van der Waals surface area contributed by atoms with Gasteiger partial charge in [-0.15, -0.1) is 0 Å². The zero-order chi connectivity index (χ0) is 31.6. The van der Waals surface area contributed by atoms with Crippen LogP contribution in [0.5, 0.6) is 11.5 Å². The Labute approximate surface area is 266 Å². The summed E-state index contributed by atoms with van der Waals surface area (Å²) in [6, 6.07) is 6.94. The van der Waals surface area contributed by atoms with E-state index in [2.05, 4.69) is 0 Å². The Bertz CT molecular complexity index is 1040. The van der Waals surface area contributed by atoms with Gasteiger partial charge in [0.15, 0.2) is 0 Å². The number of carboxylic acids is 2. The highest BCUT2D eigenvalue weighted by atomic mass is 32.2. The van der Waals surface area contributed by atoms with Gasteiger partial charge in [0, 0.05) is 52.4 Å². The Hall–Kier alpha value is -3.12. The molecule has 0 radical (unpaired) electrons. The molecule has 0 bridgehead atoms. The predicted molar refractivity (Wildman–Crippen MR) is 169 cm³/mol. The van der Waals surface area contributed by atoms with E-state index < -0.39 is 36.1 Å². The highest BCUT2D eigenvalue weighted by molar-refractivity contribution is 8.00. The lowest BCUT2D eigenvalue weighted by Gasteiger charge is -2.24. The van der Waals surface area contributed by atoms with Crippen molar-refractivity contribution < 1.29 is 48.3 Å². The first-order valence-electron chi connectivity index (χ1n) is 15.1. The van der Waals surface area contributed by atoms with E-state index in [1.807, 2.05) is 0 Å². The first-order chi connectivity index (χ1) is 21.3. The van der Waals surface area contributed by atoms with Crippen molar-refractivity contribution >= 4 is 47.4 Å². The van der Waals surface area contributed by atoms with Crippen molar-refractivity contribution in [3.8, 4) is 11.5 Å². The van der Waals surface area contributed by atoms with Crippen molar-refractivity contribution in [2.75, 3.05) is 24.7 Å². The van der Waals surface area contributed by atoms with E-state index in [9.17, 15) is 19.2 Å². The Morgan fingerprint density at radius 2 is 1.09 bits per heavy atom. The number of benzene rings is 1. The van der Waals surface area contributed by atoms with E-state index in [0.29, 0.717) is 33.5 Å². The van der Waals surface area contributed by atoms with Crippen molar-refractivity contribution in [3.05, 3.63) is 48.6 Å². The summed E-state index contributed by atoms with van der Waals surface area (Å²) in [5, 5.41) is 18.6. The van der Waals surface area contributed by atoms with Crippen LogP contribution in [-0.4, -0.2) is 81.5 Å². The van der Waals surface area contributed by atoms with Crippen molar-refractivity contribution in [1.29, 1.82) is 0 Å². The number of carbonyl (C=O) groups is 4. The summed E-state index contributed by atoms with van der Waals surface area (Å²) in [5.41, 5.74) is 0. The van der Waals surface area contributed by atoms with Gasteiger partial charge < -0.3 is 29.2 Å². The molecule has 2 saturated carbocycles. The summed E-state index contributed by atoms with van der Waals surface area (Å²) in [4.78, 5) is 46.0. The predicted octanol–water partition coefficient (Wildman–Crippen LogP) is 5.68. The molecule has 10 nitrogen and oxygen atoms in total. The average Bonchev–Trinajstić information content (AvgIpc) is 3.02. The van der Waals surface area contributed by atoms with Crippen molar-refractivity contribution in [3.63, 3.8) is 0 Å². The Morgan fingerprint density at radius 3 is 1.48 bits per heavy atom. The molecule has 0 spiro atoms. The Kier molecular flexibility index (Phi) is 16.1. The van der Waals surface area contributed by atoms with Crippen molar-refractivity contribution in [2.24, 2.45) is 0 Å². The molecule has 0 heterocycles. The van der Waals surface area contributed by atoms with Gasteiger partial charge in [-0.25, -0.2) is 19.2 Å². The number of rotatable bonds is 18. The van der Waals surface area contributed by atoms with E-state index in [1.165, 1.54) is 38.5 Å². The molecule has 2 aliphatic carbocycles. The van der Waals surface area contributed by atoms with E-state index >= 15 is 0 Å². The normalized spacial score (nSPS) is 17.6. The monoisotopic (exact) mass is 650 g/mol. The van der Waals surface area contributed by atoms with Gasteiger partial charge in [0.25, 0.3) is 0 Å². The molecule has 1 aromatic carbocycles. The van der Waals surface area contributed by atoms with Gasteiger partial charge in [0.1, 0.15) is 36.9 Å². The SMILES string of the molecule is O=C(O)/C=C\C(=O)OC(COc1cccc(OCC(CSC2CCCCC2)OC(=O)/C=C\C(=O)O)c1)CSC1CCCCC1. The van der Waals surface area contributed by atoms with Crippen LogP contribution in [0.3, 0.4) is 0 Å². The second kappa shape index (κ2) is 20.0. The van der Waals surface area contributed by atoms with Gasteiger partial charge in [-0.1, -0.05) is 44.6 Å². The molecule has 2 N–H and O–H groups in total. The summed E-state index contributed by atoms with van der Waals surface area (Å²) in [6.45, 7) is 0.147. The summed E-state index contributed by atoms with van der Waals surface area (Å²) in [7, 11) is 0. The molecule has 1 aromatic rings. The third-order valence-electron chi connectivity index (χ3n) is 7.11. The molecule has 242 valence electrons. The molecule has 2 fully saturated rings. The average molecular weight is 651 g/mol. The molecule has 12 heteroatoms. The van der Waals surface area contributed by atoms with Crippen molar-refractivity contribution in [2.45, 2.75) is 86.9 Å². The maximum absolute atomic E-state index is 12.2. The van der Waals surface area contributed by atoms with Crippen LogP contribution in [0.25, 0.3) is 0 Å². The molecular formula is C32H42O10S2. The number of esters is 2. The molecule has 2 unspecified atom stereocenters. The first-order valence-corrected chi connectivity index (χ1v) is 17.2. The quantitative estimate of drug-likeness (QED) is 0.149. The number of hydrogen-bond donors (Lipinski definition) is 2. The fourth-order valence-electron chi connectivity index (χ4n) is 4.90. The van der Waals surface area contributed by atoms with Crippen LogP contribution in [0.15, 0.2) is 48.6 Å². The molecular weight excluding hydrogens is 608 g/mol. The van der Waals surface area contributed by atoms with Crippen LogP contribution >= 0.6 is 23.5 Å². The van der Waals surface area contributed by atoms with E-state index in [0.717, 1.165) is 50.0 Å². The number of aliphatic carboxylic acids is 2. The standard InChI is InChI=1S/C32H42O10S2/c33-29(34)14-16-31(37)41-25(21-43-27-10-3-1-4-11-27)19-39-23-8-7-9-24(18-23)40-20-26(42-32(38)17-15-30(35)36)22-44-28-12-5-2-6-13-28/h7-9,14-18,25-28H,1-6,10-13,19-22H2,(H,33,34)(H,35,36)/b16-14-,17-15-. The third kappa shape index (κ3) is 15.1. The molecule has 0 amide bonds. The van der Waals surface area contributed by atoms with Gasteiger partial charge in [0.05, 0.1) is 0 Å². The van der Waals surface area contributed by atoms with Crippen LogP contribution in [0.4, 0.5) is 0 Å². The van der Waals surface area contributed by atoms with Gasteiger partial charge in [0.2, 0.25) is 0 Å². The number of thioether (sulfide) groups is 2. The lowest BCUT2D eigenvalue weighted by molar-refractivity contribution is -0.144. The minimum atomic E-state index is -1.23. The molecule has 3 rings (SSSR count). The Morgan fingerprint density at radius 1 is 0.682 bits per heavy atom. The topological polar surface area (TPSA) is 146 Å². The summed E-state index contributed by atoms with van der Waals surface area (Å²) >= 11 is 3.49. The van der Waals surface area contributed by atoms with Crippen LogP contribution in [0.1, 0.15) is 64.2 Å². The number of carbonyl (C=O) groups excluding carboxylic acids is 2. The second-order valence-electron chi connectivity index (χ2n) is 10.7. The fraction of sp³-hybridized carbons (Fsp3) is 0.562. The number of hydrogen-bond acceptors (Lipinski definition) is 10. The van der Waals surface area contributed by atoms with Gasteiger partial charge in [-0.2, -0.15) is 23.5 Å². The molecule has 0 aromatic heterocycles. The summed E-state index contributed by atoms with van der Waals surface area (Å²) in [5.74, 6) is -1.93. The fourth-order valence-corrected chi connectivity index (χ4v) is 7.54. The summed E-state index contributed by atoms with van der Waals surface area (Å²) < 4.78 is 22.9. The van der Waals surface area contributed by atoms with Gasteiger partial charge in [-0.3, -0.25) is 0 Å². The molecule has 0 saturated heterocycles. The van der Waals surface area contributed by atoms with Gasteiger partial charge >= 0.3 is 23.9 Å². The maximum atomic E-state index is 12.2. The van der Waals surface area contributed by atoms with E-state index in [-0.39, 0.29) is 13.2 Å². The van der Waals surface area contributed by atoms with E-state index in [4.69, 9.17) is 29.2 Å². The zero-order valence-corrected chi connectivity index (χ0v) is 26.4. The minimum Gasteiger partial charge on any atom is -0.490 e. The largest absolute Gasteiger partial charge is 0.490 e. The third-order valence-corrected chi connectivity index (χ3v) is 10.1. The number of carboxylic acid groups (broad SMARTS) is 2. The minimum absolute atomic E-state index is 0.0734. The van der Waals surface area contributed by atoms with Crippen molar-refractivity contribution in [1.82, 2.24) is 0 Å². The smallest absolute Gasteiger partial charge is 0.331 e. The molecule has 0 aliphatic heterocycles.